The fourth-order valence-electron chi connectivity index (χ4n) is 2.04. The number of methoxy groups -OCH3 is 1. The molecular weight excluding hydrogens is 236 g/mol. The Hall–Kier alpha value is -1.48. The number of allylic oxidation sites excluding steroid dienone is 1. The second kappa shape index (κ2) is 7.85. The van der Waals surface area contributed by atoms with E-state index in [9.17, 15) is 0 Å². The number of hydrogen-bond acceptors (Lipinski definition) is 3. The number of ether oxygens (including phenoxy) is 1. The van der Waals surface area contributed by atoms with Crippen LogP contribution in [0, 0.1) is 0 Å². The van der Waals surface area contributed by atoms with Gasteiger partial charge in [0.25, 0.3) is 0 Å². The van der Waals surface area contributed by atoms with Crippen LogP contribution in [-0.2, 0) is 6.54 Å². The maximum absolute atomic E-state index is 5.41. The molecular formula is C16H26N2O. The van der Waals surface area contributed by atoms with Crippen molar-refractivity contribution >= 4 is 5.69 Å². The highest BCUT2D eigenvalue weighted by atomic mass is 16.5. The Morgan fingerprint density at radius 1 is 1.42 bits per heavy atom. The average molecular weight is 262 g/mol. The third-order valence-corrected chi connectivity index (χ3v) is 2.97. The molecule has 0 fully saturated rings. The van der Waals surface area contributed by atoms with Crippen LogP contribution in [0.25, 0.3) is 0 Å². The van der Waals surface area contributed by atoms with E-state index in [2.05, 4.69) is 49.9 Å². The second-order valence-corrected chi connectivity index (χ2v) is 5.18. The molecule has 0 aromatic heterocycles. The normalized spacial score (nSPS) is 12.3. The van der Waals surface area contributed by atoms with E-state index in [0.717, 1.165) is 30.8 Å². The van der Waals surface area contributed by atoms with E-state index in [1.54, 1.807) is 7.11 Å². The van der Waals surface area contributed by atoms with E-state index in [1.807, 2.05) is 12.1 Å². The van der Waals surface area contributed by atoms with Gasteiger partial charge in [-0.2, -0.15) is 0 Å². The van der Waals surface area contributed by atoms with Crippen molar-refractivity contribution in [3.05, 3.63) is 36.4 Å². The lowest BCUT2D eigenvalue weighted by molar-refractivity contribution is 0.400. The number of benzene rings is 1. The lowest BCUT2D eigenvalue weighted by Crippen LogP contribution is -2.16. The fraction of sp³-hybridized carbons (Fsp3) is 0.500. The van der Waals surface area contributed by atoms with Crippen LogP contribution in [0.2, 0.25) is 0 Å². The monoisotopic (exact) mass is 262 g/mol. The number of nitrogens with zero attached hydrogens (tertiary/aromatic N) is 1. The number of hydrogen-bond donors (Lipinski definition) is 1. The third-order valence-electron chi connectivity index (χ3n) is 2.97. The Labute approximate surface area is 117 Å². The van der Waals surface area contributed by atoms with Gasteiger partial charge in [-0.05, 0) is 51.6 Å². The van der Waals surface area contributed by atoms with E-state index >= 15 is 0 Å². The van der Waals surface area contributed by atoms with Gasteiger partial charge < -0.3 is 15.0 Å². The molecule has 1 N–H and O–H groups in total. The van der Waals surface area contributed by atoms with Gasteiger partial charge in [0.1, 0.15) is 5.75 Å². The van der Waals surface area contributed by atoms with Crippen LogP contribution in [0.4, 0.5) is 5.69 Å². The minimum atomic E-state index is 0.404. The minimum Gasteiger partial charge on any atom is -0.495 e. The van der Waals surface area contributed by atoms with Crippen molar-refractivity contribution in [3.63, 3.8) is 0 Å². The molecule has 0 bridgehead atoms. The van der Waals surface area contributed by atoms with Crippen LogP contribution < -0.4 is 10.1 Å². The van der Waals surface area contributed by atoms with Crippen LogP contribution in [0.1, 0.15) is 25.3 Å². The third kappa shape index (κ3) is 5.35. The largest absolute Gasteiger partial charge is 0.495 e. The zero-order valence-electron chi connectivity index (χ0n) is 12.6. The lowest BCUT2D eigenvalue weighted by atomic mass is 10.1. The molecule has 0 spiro atoms. The second-order valence-electron chi connectivity index (χ2n) is 5.18. The van der Waals surface area contributed by atoms with Crippen LogP contribution >= 0.6 is 0 Å². The first kappa shape index (κ1) is 15.6. The van der Waals surface area contributed by atoms with Gasteiger partial charge in [-0.1, -0.05) is 12.1 Å². The zero-order chi connectivity index (χ0) is 14.3. The first-order valence-electron chi connectivity index (χ1n) is 6.76. The molecule has 1 atom stereocenters. The maximum atomic E-state index is 5.41. The van der Waals surface area contributed by atoms with E-state index < -0.39 is 0 Å². The molecule has 1 rings (SSSR count). The van der Waals surface area contributed by atoms with Crippen molar-refractivity contribution in [2.75, 3.05) is 26.5 Å². The number of rotatable bonds is 8. The summed E-state index contributed by atoms with van der Waals surface area (Å²) in [6.07, 6.45) is 4.05. The van der Waals surface area contributed by atoms with Crippen LogP contribution in [0.15, 0.2) is 30.9 Å². The minimum absolute atomic E-state index is 0.404. The molecule has 0 aliphatic carbocycles. The number of nitrogens with one attached hydrogen (secondary N) is 1. The summed E-state index contributed by atoms with van der Waals surface area (Å²) in [5.41, 5.74) is 2.35. The first-order chi connectivity index (χ1) is 9.06. The predicted octanol–water partition coefficient (Wildman–Crippen LogP) is 3.52. The van der Waals surface area contributed by atoms with Crippen molar-refractivity contribution < 1.29 is 4.74 Å². The van der Waals surface area contributed by atoms with Crippen molar-refractivity contribution in [3.8, 4) is 5.75 Å². The molecule has 106 valence electrons. The molecule has 0 aliphatic rings. The molecule has 3 nitrogen and oxygen atoms in total. The maximum Gasteiger partial charge on any atom is 0.141 e. The predicted molar refractivity (Wildman–Crippen MR) is 82.9 cm³/mol. The van der Waals surface area contributed by atoms with Gasteiger partial charge in [0.2, 0.25) is 0 Å². The van der Waals surface area contributed by atoms with Crippen molar-refractivity contribution in [1.29, 1.82) is 0 Å². The fourth-order valence-corrected chi connectivity index (χ4v) is 2.04. The highest BCUT2D eigenvalue weighted by Gasteiger charge is 2.08. The summed E-state index contributed by atoms with van der Waals surface area (Å²) in [5, 5.41) is 3.52. The first-order valence-corrected chi connectivity index (χ1v) is 6.76. The highest BCUT2D eigenvalue weighted by Crippen LogP contribution is 2.27. The van der Waals surface area contributed by atoms with Gasteiger partial charge in [0.05, 0.1) is 12.8 Å². The quantitative estimate of drug-likeness (QED) is 0.725. The molecule has 1 aromatic rings. The zero-order valence-corrected chi connectivity index (χ0v) is 12.6. The lowest BCUT2D eigenvalue weighted by Gasteiger charge is -2.19. The molecule has 1 aromatic carbocycles. The summed E-state index contributed by atoms with van der Waals surface area (Å²) in [7, 11) is 5.86. The summed E-state index contributed by atoms with van der Waals surface area (Å²) in [6, 6.07) is 6.71. The smallest absolute Gasteiger partial charge is 0.141 e. The summed E-state index contributed by atoms with van der Waals surface area (Å²) < 4.78 is 5.41. The van der Waals surface area contributed by atoms with E-state index in [1.165, 1.54) is 5.56 Å². The van der Waals surface area contributed by atoms with Crippen molar-refractivity contribution in [1.82, 2.24) is 4.90 Å². The highest BCUT2D eigenvalue weighted by molar-refractivity contribution is 5.58. The Morgan fingerprint density at radius 3 is 2.74 bits per heavy atom. The molecule has 3 heteroatoms. The molecule has 1 unspecified atom stereocenters. The summed E-state index contributed by atoms with van der Waals surface area (Å²) in [6.45, 7) is 6.87. The molecule has 0 amide bonds. The molecule has 0 radical (unpaired) electrons. The molecule has 0 saturated carbocycles. The van der Waals surface area contributed by atoms with E-state index in [0.29, 0.717) is 6.04 Å². The van der Waals surface area contributed by atoms with Gasteiger partial charge in [0.15, 0.2) is 0 Å². The molecule has 19 heavy (non-hydrogen) atoms. The van der Waals surface area contributed by atoms with Gasteiger partial charge in [0, 0.05) is 12.6 Å². The van der Waals surface area contributed by atoms with Gasteiger partial charge >= 0.3 is 0 Å². The summed E-state index contributed by atoms with van der Waals surface area (Å²) in [5.74, 6) is 0.896. The van der Waals surface area contributed by atoms with Crippen LogP contribution in [0.3, 0.4) is 0 Å². The van der Waals surface area contributed by atoms with E-state index in [-0.39, 0.29) is 0 Å². The van der Waals surface area contributed by atoms with Gasteiger partial charge in [-0.3, -0.25) is 0 Å². The van der Waals surface area contributed by atoms with Crippen molar-refractivity contribution in [2.45, 2.75) is 32.4 Å². The van der Waals surface area contributed by atoms with Gasteiger partial charge in [-0.15, -0.1) is 6.58 Å². The molecule has 0 saturated heterocycles. The standard InChI is InChI=1S/C16H26N2O/c1-6-7-8-13(2)17-15-11-14(12-18(3)4)9-10-16(15)19-5/h6,9-11,13,17H,1,7-8,12H2,2-5H3. The topological polar surface area (TPSA) is 24.5 Å². The van der Waals surface area contributed by atoms with Crippen LogP contribution in [0.5, 0.6) is 5.75 Å². The number of anilines is 1. The van der Waals surface area contributed by atoms with Gasteiger partial charge in [-0.25, -0.2) is 0 Å². The molecule has 0 heterocycles. The summed E-state index contributed by atoms with van der Waals surface area (Å²) >= 11 is 0. The van der Waals surface area contributed by atoms with Crippen LogP contribution in [-0.4, -0.2) is 32.1 Å². The summed E-state index contributed by atoms with van der Waals surface area (Å²) in [4.78, 5) is 2.16. The van der Waals surface area contributed by atoms with E-state index in [4.69, 9.17) is 4.74 Å². The molecule has 0 aliphatic heterocycles. The SMILES string of the molecule is C=CCCC(C)Nc1cc(CN(C)C)ccc1OC. The Morgan fingerprint density at radius 2 is 2.16 bits per heavy atom. The Kier molecular flexibility index (Phi) is 6.43. The Bertz CT molecular complexity index is 402. The average Bonchev–Trinajstić information content (AvgIpc) is 2.36. The van der Waals surface area contributed by atoms with Crippen molar-refractivity contribution in [2.24, 2.45) is 0 Å². The Balaban J connectivity index is 2.80.